The summed E-state index contributed by atoms with van der Waals surface area (Å²) in [7, 11) is 1.38. The Morgan fingerprint density at radius 2 is 1.92 bits per heavy atom. The molecule has 0 bridgehead atoms. The monoisotopic (exact) mass is 364 g/mol. The van der Waals surface area contributed by atoms with Crippen LogP contribution in [-0.4, -0.2) is 41.2 Å². The van der Waals surface area contributed by atoms with Crippen LogP contribution in [-0.2, 0) is 23.9 Å². The highest BCUT2D eigenvalue weighted by atomic mass is 16.5. The van der Waals surface area contributed by atoms with Crippen molar-refractivity contribution >= 4 is 17.7 Å². The zero-order chi connectivity index (χ0) is 19.1. The Morgan fingerprint density at radius 1 is 1.23 bits per heavy atom. The summed E-state index contributed by atoms with van der Waals surface area (Å²) < 4.78 is 11.3. The van der Waals surface area contributed by atoms with Gasteiger partial charge in [0.05, 0.1) is 32.4 Å². The van der Waals surface area contributed by atoms with Crippen molar-refractivity contribution in [2.45, 2.75) is 64.3 Å². The van der Waals surface area contributed by atoms with Gasteiger partial charge >= 0.3 is 11.9 Å². The summed E-state index contributed by atoms with van der Waals surface area (Å²) in [5.41, 5.74) is 1.14. The number of ether oxygens (including phenoxy) is 2. The molecular formula is C19H28N2O5. The quantitative estimate of drug-likeness (QED) is 0.521. The first-order chi connectivity index (χ1) is 12.4. The van der Waals surface area contributed by atoms with E-state index in [1.807, 2.05) is 19.3 Å². The Kier molecular flexibility index (Phi) is 7.36. The van der Waals surface area contributed by atoms with Crippen molar-refractivity contribution in [3.05, 3.63) is 18.0 Å². The summed E-state index contributed by atoms with van der Waals surface area (Å²) >= 11 is 0. The third-order valence-electron chi connectivity index (χ3n) is 5.04. The third kappa shape index (κ3) is 5.41. The number of aromatic nitrogens is 2. The summed E-state index contributed by atoms with van der Waals surface area (Å²) in [6.45, 7) is 3.97. The molecule has 0 aliphatic heterocycles. The molecule has 7 heteroatoms. The number of esters is 2. The second-order valence-corrected chi connectivity index (χ2v) is 6.88. The van der Waals surface area contributed by atoms with E-state index in [-0.39, 0.29) is 36.6 Å². The maximum absolute atomic E-state index is 12.2. The molecule has 26 heavy (non-hydrogen) atoms. The van der Waals surface area contributed by atoms with E-state index in [0.29, 0.717) is 12.5 Å². The number of carbonyl (C=O) groups is 3. The minimum Gasteiger partial charge on any atom is -0.469 e. The number of nitrogens with zero attached hydrogens (tertiary/aromatic N) is 2. The van der Waals surface area contributed by atoms with E-state index >= 15 is 0 Å². The van der Waals surface area contributed by atoms with Crippen LogP contribution in [0.25, 0.3) is 0 Å². The lowest BCUT2D eigenvalue weighted by molar-refractivity contribution is -0.146. The third-order valence-corrected chi connectivity index (χ3v) is 5.04. The van der Waals surface area contributed by atoms with E-state index in [1.54, 1.807) is 11.6 Å². The Hall–Kier alpha value is -2.18. The molecular weight excluding hydrogens is 336 g/mol. The van der Waals surface area contributed by atoms with Crippen molar-refractivity contribution in [3.63, 3.8) is 0 Å². The summed E-state index contributed by atoms with van der Waals surface area (Å²) in [5.74, 6) is -0.385. The van der Waals surface area contributed by atoms with Crippen LogP contribution < -0.4 is 0 Å². The Bertz CT molecular complexity index is 632. The number of methoxy groups -OCH3 is 1. The molecule has 0 N–H and O–H groups in total. The van der Waals surface area contributed by atoms with Crippen LogP contribution in [0, 0.1) is 5.92 Å². The van der Waals surface area contributed by atoms with Crippen LogP contribution in [0.5, 0.6) is 0 Å². The predicted octanol–water partition coefficient (Wildman–Crippen LogP) is 2.80. The zero-order valence-electron chi connectivity index (χ0n) is 15.8. The standard InChI is InChI=1S/C19H28N2O5/c1-4-26-19(24)10-17(22)15-7-5-14(6-8-15)16-11-20-21(12-16)13(2)9-18(23)25-3/h11-15H,4-10H2,1-3H3. The second-order valence-electron chi connectivity index (χ2n) is 6.88. The van der Waals surface area contributed by atoms with Gasteiger partial charge in [-0.25, -0.2) is 0 Å². The van der Waals surface area contributed by atoms with Gasteiger partial charge in [0.2, 0.25) is 0 Å². The average Bonchev–Trinajstić information content (AvgIpc) is 3.12. The molecule has 1 aromatic rings. The maximum Gasteiger partial charge on any atom is 0.313 e. The molecule has 1 aliphatic rings. The highest BCUT2D eigenvalue weighted by molar-refractivity contribution is 5.96. The van der Waals surface area contributed by atoms with Gasteiger partial charge in [0.15, 0.2) is 0 Å². The van der Waals surface area contributed by atoms with Crippen molar-refractivity contribution in [3.8, 4) is 0 Å². The van der Waals surface area contributed by atoms with Gasteiger partial charge in [-0.15, -0.1) is 0 Å². The van der Waals surface area contributed by atoms with Gasteiger partial charge in [0.1, 0.15) is 12.2 Å². The maximum atomic E-state index is 12.2. The van der Waals surface area contributed by atoms with Crippen LogP contribution in [0.1, 0.15) is 69.9 Å². The molecule has 144 valence electrons. The van der Waals surface area contributed by atoms with Crippen molar-refractivity contribution in [2.24, 2.45) is 5.92 Å². The predicted molar refractivity (Wildman–Crippen MR) is 94.5 cm³/mol. The smallest absolute Gasteiger partial charge is 0.313 e. The summed E-state index contributed by atoms with van der Waals surface area (Å²) in [5, 5.41) is 4.37. The van der Waals surface area contributed by atoms with Crippen LogP contribution in [0.2, 0.25) is 0 Å². The van der Waals surface area contributed by atoms with Gasteiger partial charge in [-0.05, 0) is 51.0 Å². The molecule has 0 spiro atoms. The Morgan fingerprint density at radius 3 is 2.54 bits per heavy atom. The molecule has 1 atom stereocenters. The minimum atomic E-state index is -0.430. The van der Waals surface area contributed by atoms with Crippen LogP contribution in [0.15, 0.2) is 12.4 Å². The number of rotatable bonds is 8. The van der Waals surface area contributed by atoms with Gasteiger partial charge in [0.25, 0.3) is 0 Å². The van der Waals surface area contributed by atoms with Gasteiger partial charge in [0, 0.05) is 12.1 Å². The lowest BCUT2D eigenvalue weighted by Gasteiger charge is -2.26. The molecule has 0 aromatic carbocycles. The number of hydrogen-bond acceptors (Lipinski definition) is 6. The summed E-state index contributed by atoms with van der Waals surface area (Å²) in [6, 6.07) is -0.0568. The van der Waals surface area contributed by atoms with Crippen LogP contribution >= 0.6 is 0 Å². The molecule has 1 heterocycles. The molecule has 1 saturated carbocycles. The average molecular weight is 364 g/mol. The van der Waals surface area contributed by atoms with Gasteiger partial charge in [-0.2, -0.15) is 5.10 Å². The normalized spacial score (nSPS) is 21.0. The minimum absolute atomic E-state index is 0.00991. The fraction of sp³-hybridized carbons (Fsp3) is 0.684. The Labute approximate surface area is 154 Å². The van der Waals surface area contributed by atoms with E-state index in [2.05, 4.69) is 5.10 Å². The fourth-order valence-corrected chi connectivity index (χ4v) is 3.47. The first kappa shape index (κ1) is 20.1. The summed E-state index contributed by atoms with van der Waals surface area (Å²) in [6.07, 6.45) is 7.36. The van der Waals surface area contributed by atoms with Crippen LogP contribution in [0.4, 0.5) is 0 Å². The lowest BCUT2D eigenvalue weighted by atomic mass is 9.77. The molecule has 1 aromatic heterocycles. The van der Waals surface area contributed by atoms with E-state index < -0.39 is 5.97 Å². The van der Waals surface area contributed by atoms with Crippen molar-refractivity contribution < 1.29 is 23.9 Å². The van der Waals surface area contributed by atoms with Crippen molar-refractivity contribution in [1.82, 2.24) is 9.78 Å². The molecule has 1 aliphatic carbocycles. The van der Waals surface area contributed by atoms with Gasteiger partial charge in [-0.1, -0.05) is 0 Å². The Balaban J connectivity index is 1.85. The van der Waals surface area contributed by atoms with Gasteiger partial charge < -0.3 is 9.47 Å². The SMILES string of the molecule is CCOC(=O)CC(=O)C1CCC(c2cnn(C(C)CC(=O)OC)c2)CC1. The molecule has 7 nitrogen and oxygen atoms in total. The fourth-order valence-electron chi connectivity index (χ4n) is 3.47. The number of ketones is 1. The van der Waals surface area contributed by atoms with Crippen molar-refractivity contribution in [1.29, 1.82) is 0 Å². The molecule has 2 rings (SSSR count). The van der Waals surface area contributed by atoms with Gasteiger partial charge in [-0.3, -0.25) is 19.1 Å². The van der Waals surface area contributed by atoms with Crippen LogP contribution in [0.3, 0.4) is 0 Å². The van der Waals surface area contributed by atoms with E-state index in [0.717, 1.165) is 31.2 Å². The van der Waals surface area contributed by atoms with E-state index in [4.69, 9.17) is 9.47 Å². The first-order valence-corrected chi connectivity index (χ1v) is 9.23. The largest absolute Gasteiger partial charge is 0.469 e. The first-order valence-electron chi connectivity index (χ1n) is 9.23. The molecule has 0 amide bonds. The topological polar surface area (TPSA) is 87.5 Å². The highest BCUT2D eigenvalue weighted by Gasteiger charge is 2.29. The van der Waals surface area contributed by atoms with E-state index in [9.17, 15) is 14.4 Å². The molecule has 1 fully saturated rings. The zero-order valence-corrected chi connectivity index (χ0v) is 15.8. The summed E-state index contributed by atoms with van der Waals surface area (Å²) in [4.78, 5) is 35.0. The molecule has 0 radical (unpaired) electrons. The molecule has 1 unspecified atom stereocenters. The molecule has 0 saturated heterocycles. The second kappa shape index (κ2) is 9.50. The van der Waals surface area contributed by atoms with Crippen molar-refractivity contribution in [2.75, 3.05) is 13.7 Å². The van der Waals surface area contributed by atoms with E-state index in [1.165, 1.54) is 7.11 Å². The highest BCUT2D eigenvalue weighted by Crippen LogP contribution is 2.36. The lowest BCUT2D eigenvalue weighted by Crippen LogP contribution is -2.24. The number of Topliss-reactive ketones (excluding diaryl/α,β-unsaturated/α-hetero) is 1. The number of hydrogen-bond donors (Lipinski definition) is 0. The number of carbonyl (C=O) groups excluding carboxylic acids is 3.